The summed E-state index contributed by atoms with van der Waals surface area (Å²) in [6.07, 6.45) is 5.09. The summed E-state index contributed by atoms with van der Waals surface area (Å²) in [6.45, 7) is 2.05. The maximum absolute atomic E-state index is 11.4. The Bertz CT molecular complexity index is 229. The van der Waals surface area contributed by atoms with E-state index < -0.39 is 0 Å². The first-order valence-corrected chi connectivity index (χ1v) is 5.94. The zero-order valence-corrected chi connectivity index (χ0v) is 9.11. The van der Waals surface area contributed by atoms with Crippen molar-refractivity contribution in [3.63, 3.8) is 0 Å². The fraction of sp³-hybridized carbons (Fsp3) is 0.909. The molecule has 1 aliphatic carbocycles. The maximum atomic E-state index is 11.4. The van der Waals surface area contributed by atoms with Crippen LogP contribution in [-0.4, -0.2) is 47.7 Å². The molecule has 0 spiro atoms. The molecule has 1 heterocycles. The molecule has 1 saturated heterocycles. The molecular formula is C11H20N2O2. The predicted octanol–water partition coefficient (Wildman–Crippen LogP) is 0.112. The highest BCUT2D eigenvalue weighted by Gasteiger charge is 2.26. The third-order valence-electron chi connectivity index (χ3n) is 3.28. The van der Waals surface area contributed by atoms with Crippen LogP contribution in [0.15, 0.2) is 0 Å². The van der Waals surface area contributed by atoms with Gasteiger partial charge in [0.25, 0.3) is 0 Å². The van der Waals surface area contributed by atoms with Crippen molar-refractivity contribution in [2.75, 3.05) is 19.7 Å². The van der Waals surface area contributed by atoms with Crippen LogP contribution in [0.3, 0.4) is 0 Å². The normalized spacial score (nSPS) is 26.9. The first kappa shape index (κ1) is 10.9. The summed E-state index contributed by atoms with van der Waals surface area (Å²) in [4.78, 5) is 13.7. The first-order valence-electron chi connectivity index (χ1n) is 5.94. The maximum Gasteiger partial charge on any atom is 0.221 e. The Kier molecular flexibility index (Phi) is 3.59. The van der Waals surface area contributed by atoms with Gasteiger partial charge in [-0.15, -0.1) is 0 Å². The molecule has 86 valence electrons. The first-order chi connectivity index (χ1) is 7.29. The molecule has 2 rings (SSSR count). The summed E-state index contributed by atoms with van der Waals surface area (Å²) >= 11 is 0. The van der Waals surface area contributed by atoms with Crippen molar-refractivity contribution in [2.24, 2.45) is 0 Å². The van der Waals surface area contributed by atoms with Gasteiger partial charge in [-0.25, -0.2) is 0 Å². The number of rotatable bonds is 5. The van der Waals surface area contributed by atoms with E-state index in [1.54, 1.807) is 0 Å². The van der Waals surface area contributed by atoms with Crippen molar-refractivity contribution in [3.8, 4) is 0 Å². The molecule has 0 aromatic carbocycles. The molecule has 2 N–H and O–H groups in total. The van der Waals surface area contributed by atoms with Crippen LogP contribution in [-0.2, 0) is 4.79 Å². The highest BCUT2D eigenvalue weighted by atomic mass is 16.3. The number of nitrogens with zero attached hydrogens (tertiary/aromatic N) is 1. The number of nitrogens with one attached hydrogen (secondary N) is 1. The van der Waals surface area contributed by atoms with E-state index in [2.05, 4.69) is 10.2 Å². The quantitative estimate of drug-likeness (QED) is 0.680. The summed E-state index contributed by atoms with van der Waals surface area (Å²) in [5.74, 6) is 0.168. The molecule has 4 nitrogen and oxygen atoms in total. The van der Waals surface area contributed by atoms with E-state index in [1.807, 2.05) is 0 Å². The molecular weight excluding hydrogens is 192 g/mol. The van der Waals surface area contributed by atoms with Gasteiger partial charge in [-0.1, -0.05) is 0 Å². The number of carbonyl (C=O) groups excluding carboxylic acids is 1. The molecule has 2 fully saturated rings. The Hall–Kier alpha value is -0.610. The number of carbonyl (C=O) groups is 1. The molecule has 0 aromatic rings. The average Bonchev–Trinajstić information content (AvgIpc) is 2.92. The number of likely N-dealkylation sites (tertiary alicyclic amines) is 1. The van der Waals surface area contributed by atoms with E-state index in [0.29, 0.717) is 18.5 Å². The Labute approximate surface area is 90.6 Å². The Morgan fingerprint density at radius 2 is 2.20 bits per heavy atom. The van der Waals surface area contributed by atoms with Gasteiger partial charge in [-0.3, -0.25) is 9.69 Å². The van der Waals surface area contributed by atoms with Gasteiger partial charge in [0.15, 0.2) is 0 Å². The van der Waals surface area contributed by atoms with Gasteiger partial charge in [-0.2, -0.15) is 0 Å². The van der Waals surface area contributed by atoms with Crippen LogP contribution >= 0.6 is 0 Å². The zero-order valence-electron chi connectivity index (χ0n) is 9.11. The fourth-order valence-corrected chi connectivity index (χ4v) is 2.17. The lowest BCUT2D eigenvalue weighted by atomic mass is 10.2. The summed E-state index contributed by atoms with van der Waals surface area (Å²) < 4.78 is 0. The molecule has 1 aliphatic heterocycles. The van der Waals surface area contributed by atoms with Gasteiger partial charge in [0.1, 0.15) is 0 Å². The largest absolute Gasteiger partial charge is 0.395 e. The third-order valence-corrected chi connectivity index (χ3v) is 3.28. The fourth-order valence-electron chi connectivity index (χ4n) is 2.17. The third kappa shape index (κ3) is 3.18. The predicted molar refractivity (Wildman–Crippen MR) is 57.5 cm³/mol. The minimum atomic E-state index is 0.168. The molecule has 0 radical (unpaired) electrons. The van der Waals surface area contributed by atoms with E-state index in [1.165, 1.54) is 0 Å². The van der Waals surface area contributed by atoms with Gasteiger partial charge >= 0.3 is 0 Å². The van der Waals surface area contributed by atoms with E-state index >= 15 is 0 Å². The van der Waals surface area contributed by atoms with Gasteiger partial charge < -0.3 is 10.4 Å². The number of hydrogen-bond donors (Lipinski definition) is 2. The average molecular weight is 212 g/mol. The van der Waals surface area contributed by atoms with Gasteiger partial charge in [0.2, 0.25) is 5.91 Å². The second-order valence-corrected chi connectivity index (χ2v) is 4.61. The van der Waals surface area contributed by atoms with Crippen molar-refractivity contribution in [3.05, 3.63) is 0 Å². The standard InChI is InChI=1S/C11H20N2O2/c14-8-10-2-1-6-13(10)7-5-11(15)12-9-3-4-9/h9-10,14H,1-8H2,(H,12,15). The highest BCUT2D eigenvalue weighted by molar-refractivity contribution is 5.76. The number of aliphatic hydroxyl groups is 1. The minimum Gasteiger partial charge on any atom is -0.395 e. The van der Waals surface area contributed by atoms with E-state index in [0.717, 1.165) is 38.8 Å². The Morgan fingerprint density at radius 3 is 2.87 bits per heavy atom. The van der Waals surface area contributed by atoms with Crippen molar-refractivity contribution in [2.45, 2.75) is 44.2 Å². The summed E-state index contributed by atoms with van der Waals surface area (Å²) in [6, 6.07) is 0.753. The lowest BCUT2D eigenvalue weighted by molar-refractivity contribution is -0.121. The van der Waals surface area contributed by atoms with Crippen molar-refractivity contribution < 1.29 is 9.90 Å². The van der Waals surface area contributed by atoms with Crippen molar-refractivity contribution in [1.29, 1.82) is 0 Å². The van der Waals surface area contributed by atoms with E-state index in [9.17, 15) is 4.79 Å². The molecule has 15 heavy (non-hydrogen) atoms. The van der Waals surface area contributed by atoms with E-state index in [4.69, 9.17) is 5.11 Å². The number of hydrogen-bond acceptors (Lipinski definition) is 3. The lowest BCUT2D eigenvalue weighted by Gasteiger charge is -2.22. The smallest absolute Gasteiger partial charge is 0.221 e. The SMILES string of the molecule is O=C(CCN1CCCC1CO)NC1CC1. The van der Waals surface area contributed by atoms with Crippen LogP contribution in [0, 0.1) is 0 Å². The van der Waals surface area contributed by atoms with Crippen LogP contribution in [0.25, 0.3) is 0 Å². The monoisotopic (exact) mass is 212 g/mol. The number of amides is 1. The van der Waals surface area contributed by atoms with Crippen LogP contribution in [0.4, 0.5) is 0 Å². The molecule has 4 heteroatoms. The molecule has 0 bridgehead atoms. The highest BCUT2D eigenvalue weighted by Crippen LogP contribution is 2.19. The van der Waals surface area contributed by atoms with E-state index in [-0.39, 0.29) is 12.5 Å². The van der Waals surface area contributed by atoms with Crippen LogP contribution in [0.5, 0.6) is 0 Å². The minimum absolute atomic E-state index is 0.168. The van der Waals surface area contributed by atoms with Crippen molar-refractivity contribution >= 4 is 5.91 Å². The summed E-state index contributed by atoms with van der Waals surface area (Å²) in [5.41, 5.74) is 0. The van der Waals surface area contributed by atoms with Gasteiger partial charge in [0.05, 0.1) is 6.61 Å². The van der Waals surface area contributed by atoms with Crippen molar-refractivity contribution in [1.82, 2.24) is 10.2 Å². The van der Waals surface area contributed by atoms with Crippen LogP contribution in [0.2, 0.25) is 0 Å². The van der Waals surface area contributed by atoms with Gasteiger partial charge in [-0.05, 0) is 32.2 Å². The Morgan fingerprint density at radius 1 is 1.40 bits per heavy atom. The lowest BCUT2D eigenvalue weighted by Crippen LogP contribution is -2.36. The molecule has 1 amide bonds. The topological polar surface area (TPSA) is 52.6 Å². The summed E-state index contributed by atoms with van der Waals surface area (Å²) in [5, 5.41) is 12.1. The molecule has 1 atom stereocenters. The molecule has 2 aliphatic rings. The molecule has 0 aromatic heterocycles. The van der Waals surface area contributed by atoms with Crippen LogP contribution in [0.1, 0.15) is 32.1 Å². The molecule has 1 saturated carbocycles. The Balaban J connectivity index is 1.65. The molecule has 1 unspecified atom stereocenters. The van der Waals surface area contributed by atoms with Crippen LogP contribution < -0.4 is 5.32 Å². The zero-order chi connectivity index (χ0) is 10.7. The second-order valence-electron chi connectivity index (χ2n) is 4.61. The van der Waals surface area contributed by atoms with Gasteiger partial charge in [0, 0.05) is 25.0 Å². The number of aliphatic hydroxyl groups excluding tert-OH is 1. The second kappa shape index (κ2) is 4.94. The summed E-state index contributed by atoms with van der Waals surface area (Å²) in [7, 11) is 0.